The predicted octanol–water partition coefficient (Wildman–Crippen LogP) is 7.62. The number of alkyl halides is 6. The molecule has 0 radical (unpaired) electrons. The highest BCUT2D eigenvalue weighted by Crippen LogP contribution is 2.43. The van der Waals surface area contributed by atoms with Crippen LogP contribution in [-0.4, -0.2) is 9.85 Å². The highest BCUT2D eigenvalue weighted by molar-refractivity contribution is 6.67. The highest BCUT2D eigenvalue weighted by atomic mass is 35.6. The van der Waals surface area contributed by atoms with Crippen molar-refractivity contribution >= 4 is 69.4 Å². The summed E-state index contributed by atoms with van der Waals surface area (Å²) in [6.07, 6.45) is -4.85. The van der Waals surface area contributed by atoms with Crippen molar-refractivity contribution in [3.63, 3.8) is 0 Å². The number of nitrogens with zero attached hydrogens (tertiary/aromatic N) is 2. The van der Waals surface area contributed by atoms with E-state index in [1.807, 2.05) is 0 Å². The molecule has 0 saturated heterocycles. The second kappa shape index (κ2) is 9.65. The number of nitro groups is 2. The summed E-state index contributed by atoms with van der Waals surface area (Å²) in [6, 6.07) is 1.86. The van der Waals surface area contributed by atoms with Gasteiger partial charge in [0.1, 0.15) is 0 Å². The molecule has 0 heterocycles. The van der Waals surface area contributed by atoms with Crippen LogP contribution in [0.3, 0.4) is 0 Å². The van der Waals surface area contributed by atoms with E-state index in [1.165, 1.54) is 0 Å². The van der Waals surface area contributed by atoms with Gasteiger partial charge < -0.3 is 0 Å². The molecule has 0 aliphatic heterocycles. The first kappa shape index (κ1) is 26.4. The van der Waals surface area contributed by atoms with Gasteiger partial charge >= 0.3 is 17.6 Å². The first-order chi connectivity index (χ1) is 13.5. The Bertz CT molecular complexity index is 919. The quantitative estimate of drug-likeness (QED) is 0.171. The van der Waals surface area contributed by atoms with Crippen molar-refractivity contribution in [2.24, 2.45) is 0 Å². The van der Waals surface area contributed by atoms with Gasteiger partial charge in [0.15, 0.2) is 0 Å². The van der Waals surface area contributed by atoms with Crippen LogP contribution in [0, 0.1) is 31.9 Å². The molecule has 16 heteroatoms. The van der Waals surface area contributed by atoms with Gasteiger partial charge in [-0.1, -0.05) is 58.0 Å². The van der Waals surface area contributed by atoms with Crippen LogP contribution in [0.25, 0.3) is 0 Å². The fourth-order valence-corrected chi connectivity index (χ4v) is 2.95. The molecule has 0 atom stereocenters. The number of benzene rings is 2. The summed E-state index contributed by atoms with van der Waals surface area (Å²) in [5.74, 6) is -2.49. The lowest BCUT2D eigenvalue weighted by atomic mass is 10.2. The number of hydrogen-bond donors (Lipinski definition) is 0. The van der Waals surface area contributed by atoms with Gasteiger partial charge in [0.2, 0.25) is 15.4 Å². The van der Waals surface area contributed by atoms with Crippen LogP contribution in [-0.2, 0) is 9.97 Å². The number of nitro benzene ring substituents is 2. The van der Waals surface area contributed by atoms with Gasteiger partial charge in [0.25, 0.3) is 0 Å². The van der Waals surface area contributed by atoms with Gasteiger partial charge in [0, 0.05) is 29.8 Å². The van der Waals surface area contributed by atoms with Crippen molar-refractivity contribution in [3.05, 3.63) is 77.3 Å². The average molecular weight is 536 g/mol. The van der Waals surface area contributed by atoms with Crippen LogP contribution >= 0.6 is 58.0 Å². The minimum Gasteiger partial charge on any atom is -0.258 e. The van der Waals surface area contributed by atoms with E-state index in [1.54, 1.807) is 0 Å². The molecular formula is C14H4Cl5F5N2O4. The molecule has 0 amide bonds. The minimum absolute atomic E-state index is 0.0671. The van der Waals surface area contributed by atoms with Crippen LogP contribution < -0.4 is 0 Å². The number of halogens is 10. The molecule has 2 aromatic carbocycles. The van der Waals surface area contributed by atoms with Crippen LogP contribution in [0.1, 0.15) is 11.1 Å². The summed E-state index contributed by atoms with van der Waals surface area (Å²) < 4.78 is 60.4. The lowest BCUT2D eigenvalue weighted by Gasteiger charge is -2.12. The molecule has 0 fully saturated rings. The maximum absolute atomic E-state index is 13.0. The molecule has 164 valence electrons. The fraction of sp³-hybridized carbons (Fsp3) is 0.143. The molecule has 0 N–H and O–H groups in total. The molecule has 30 heavy (non-hydrogen) atoms. The van der Waals surface area contributed by atoms with Gasteiger partial charge in [-0.15, -0.1) is 0 Å². The third-order valence-corrected chi connectivity index (χ3v) is 4.31. The molecule has 6 nitrogen and oxygen atoms in total. The summed E-state index contributed by atoms with van der Waals surface area (Å²) >= 11 is 27.2. The van der Waals surface area contributed by atoms with Gasteiger partial charge in [0.05, 0.1) is 25.5 Å². The third-order valence-electron chi connectivity index (χ3n) is 3.08. The highest BCUT2D eigenvalue weighted by Gasteiger charge is 2.36. The average Bonchev–Trinajstić information content (AvgIpc) is 2.52. The zero-order valence-electron chi connectivity index (χ0n) is 13.6. The van der Waals surface area contributed by atoms with Gasteiger partial charge in [-0.05, 0) is 0 Å². The maximum atomic E-state index is 13.0. The van der Waals surface area contributed by atoms with Gasteiger partial charge in [-0.2, -0.15) is 22.0 Å². The zero-order valence-corrected chi connectivity index (χ0v) is 17.4. The topological polar surface area (TPSA) is 86.3 Å². The Balaban J connectivity index is 0.000000300. The lowest BCUT2D eigenvalue weighted by molar-refractivity contribution is -0.387. The first-order valence-electron chi connectivity index (χ1n) is 6.88. The molecular weight excluding hydrogens is 532 g/mol. The third kappa shape index (κ3) is 6.67. The van der Waals surface area contributed by atoms with E-state index in [-0.39, 0.29) is 22.7 Å². The smallest absolute Gasteiger partial charge is 0.258 e. The summed E-state index contributed by atoms with van der Waals surface area (Å²) in [7, 11) is 0. The number of hydrogen-bond acceptors (Lipinski definition) is 4. The number of rotatable bonds is 2. The van der Waals surface area contributed by atoms with Crippen molar-refractivity contribution in [1.29, 1.82) is 0 Å². The second-order valence-corrected chi connectivity index (χ2v) is 8.17. The normalized spacial score (nSPS) is 11.5. The fourth-order valence-electron chi connectivity index (χ4n) is 1.79. The summed E-state index contributed by atoms with van der Waals surface area (Å²) in [5.41, 5.74) is -3.62. The molecule has 0 aliphatic carbocycles. The first-order valence-corrected chi connectivity index (χ1v) is 8.77. The Morgan fingerprint density at radius 2 is 1.07 bits per heavy atom. The van der Waals surface area contributed by atoms with E-state index < -0.39 is 53.4 Å². The van der Waals surface area contributed by atoms with Crippen LogP contribution in [0.15, 0.2) is 24.3 Å². The Morgan fingerprint density at radius 3 is 1.37 bits per heavy atom. The van der Waals surface area contributed by atoms with Crippen LogP contribution in [0.2, 0.25) is 10.0 Å². The van der Waals surface area contributed by atoms with Crippen molar-refractivity contribution in [2.45, 2.75) is 9.97 Å². The molecule has 0 saturated carbocycles. The SMILES string of the molecule is O=[N+]([O-])c1cc(C(Cl)(Cl)Cl)c(Cl)cc1F.O=[N+]([O-])c1cc(C(F)(F)F)c(Cl)cc1F. The maximum Gasteiger partial charge on any atom is 0.418 e. The van der Waals surface area contributed by atoms with Gasteiger partial charge in [-0.3, -0.25) is 20.2 Å². The zero-order chi connectivity index (χ0) is 23.6. The van der Waals surface area contributed by atoms with E-state index in [9.17, 15) is 42.2 Å². The molecule has 0 spiro atoms. The molecule has 0 unspecified atom stereocenters. The van der Waals surface area contributed by atoms with Crippen LogP contribution in [0.5, 0.6) is 0 Å². The Hall–Kier alpha value is -1.66. The van der Waals surface area contributed by atoms with Crippen molar-refractivity contribution in [1.82, 2.24) is 0 Å². The van der Waals surface area contributed by atoms with E-state index in [2.05, 4.69) is 0 Å². The van der Waals surface area contributed by atoms with Crippen molar-refractivity contribution in [3.8, 4) is 0 Å². The largest absolute Gasteiger partial charge is 0.418 e. The van der Waals surface area contributed by atoms with Crippen LogP contribution in [0.4, 0.5) is 33.3 Å². The lowest BCUT2D eigenvalue weighted by Crippen LogP contribution is -2.07. The van der Waals surface area contributed by atoms with E-state index in [0.29, 0.717) is 0 Å². The van der Waals surface area contributed by atoms with E-state index >= 15 is 0 Å². The molecule has 0 aromatic heterocycles. The Morgan fingerprint density at radius 1 is 0.733 bits per heavy atom. The molecule has 0 aliphatic rings. The molecule has 0 bridgehead atoms. The second-order valence-electron chi connectivity index (χ2n) is 5.08. The van der Waals surface area contributed by atoms with E-state index in [4.69, 9.17) is 58.0 Å². The minimum atomic E-state index is -4.85. The van der Waals surface area contributed by atoms with Crippen molar-refractivity contribution < 1.29 is 31.8 Å². The molecule has 2 aromatic rings. The predicted molar refractivity (Wildman–Crippen MR) is 100 cm³/mol. The van der Waals surface area contributed by atoms with Gasteiger partial charge in [-0.25, -0.2) is 0 Å². The molecule has 2 rings (SSSR count). The summed E-state index contributed by atoms with van der Waals surface area (Å²) in [5, 5.41) is 19.5. The summed E-state index contributed by atoms with van der Waals surface area (Å²) in [6.45, 7) is 0. The standard InChI is InChI=1S/C7H2Cl4FNO2.C7H2ClF4NO2/c8-4-2-5(12)6(13(14)15)1-3(4)7(9,10)11;8-4-2-5(9)6(13(14)15)1-3(4)7(10,11)12/h2*1-2H. The Kier molecular flexibility index (Phi) is 8.48. The van der Waals surface area contributed by atoms with Crippen molar-refractivity contribution in [2.75, 3.05) is 0 Å². The monoisotopic (exact) mass is 534 g/mol. The Labute approximate surface area is 188 Å². The summed E-state index contributed by atoms with van der Waals surface area (Å²) in [4.78, 5) is 18.4. The van der Waals surface area contributed by atoms with E-state index in [0.717, 1.165) is 12.1 Å².